The second kappa shape index (κ2) is 8.05. The number of anilines is 1. The molecule has 0 radical (unpaired) electrons. The molecule has 0 saturated carbocycles. The van der Waals surface area contributed by atoms with Crippen LogP contribution < -0.4 is 10.5 Å². The van der Waals surface area contributed by atoms with E-state index in [1.807, 2.05) is 18.2 Å². The minimum Gasteiger partial charge on any atom is -0.322 e. The van der Waals surface area contributed by atoms with Crippen LogP contribution >= 0.6 is 0 Å². The lowest BCUT2D eigenvalue weighted by Gasteiger charge is -2.08. The molecule has 0 fully saturated rings. The van der Waals surface area contributed by atoms with E-state index in [1.54, 1.807) is 49.5 Å². The van der Waals surface area contributed by atoms with E-state index in [9.17, 15) is 13.2 Å². The molecule has 2 aromatic carbocycles. The number of nitrogens with zero attached hydrogens (tertiary/aromatic N) is 1. The summed E-state index contributed by atoms with van der Waals surface area (Å²) in [6, 6.07) is 16.9. The summed E-state index contributed by atoms with van der Waals surface area (Å²) in [6.45, 7) is 1.62. The molecule has 1 amide bonds. The highest BCUT2D eigenvalue weighted by Crippen LogP contribution is 2.17. The summed E-state index contributed by atoms with van der Waals surface area (Å²) in [6.07, 6.45) is 1.66. The minimum absolute atomic E-state index is 0.0740. The van der Waals surface area contributed by atoms with Gasteiger partial charge < -0.3 is 5.32 Å². The van der Waals surface area contributed by atoms with Crippen LogP contribution in [0, 0.1) is 18.8 Å². The summed E-state index contributed by atoms with van der Waals surface area (Å²) in [5.74, 6) is 5.50. The standard InChI is InChI=1S/C21H17N3O3S/c1-15-8-10-17(14-20(15)28(22,26)27)21(25)24-19-7-4-5-16(13-19)9-11-18-6-2-3-12-23-18/h2-8,10,12-14H,1H3,(H,24,25)(H2,22,26,27). The molecule has 3 N–H and O–H groups in total. The molecule has 0 bridgehead atoms. The van der Waals surface area contributed by atoms with Crippen LogP contribution in [0.1, 0.15) is 27.2 Å². The summed E-state index contributed by atoms with van der Waals surface area (Å²) in [7, 11) is -3.91. The van der Waals surface area contributed by atoms with Gasteiger partial charge in [-0.3, -0.25) is 4.79 Å². The zero-order valence-electron chi connectivity index (χ0n) is 15.0. The number of hydrogen-bond donors (Lipinski definition) is 2. The Morgan fingerprint density at radius 2 is 1.86 bits per heavy atom. The van der Waals surface area contributed by atoms with Crippen LogP contribution in [0.15, 0.2) is 71.8 Å². The Morgan fingerprint density at radius 1 is 1.04 bits per heavy atom. The van der Waals surface area contributed by atoms with Crippen molar-refractivity contribution in [2.75, 3.05) is 5.32 Å². The number of aryl methyl sites for hydroxylation is 1. The fraction of sp³-hybridized carbons (Fsp3) is 0.0476. The van der Waals surface area contributed by atoms with Crippen LogP contribution in [0.2, 0.25) is 0 Å². The average Bonchev–Trinajstić information content (AvgIpc) is 2.67. The third-order valence-corrected chi connectivity index (χ3v) is 4.93. The first-order chi connectivity index (χ1) is 13.3. The monoisotopic (exact) mass is 391 g/mol. The number of nitrogens with two attached hydrogens (primary N) is 1. The van der Waals surface area contributed by atoms with Crippen molar-refractivity contribution in [3.05, 3.63) is 89.2 Å². The van der Waals surface area contributed by atoms with E-state index in [1.165, 1.54) is 6.07 Å². The predicted octanol–water partition coefficient (Wildman–Crippen LogP) is 2.69. The molecule has 0 spiro atoms. The van der Waals surface area contributed by atoms with Crippen molar-refractivity contribution in [2.45, 2.75) is 11.8 Å². The van der Waals surface area contributed by atoms with E-state index in [0.717, 1.165) is 0 Å². The molecule has 6 nitrogen and oxygen atoms in total. The first kappa shape index (κ1) is 19.3. The number of rotatable bonds is 3. The van der Waals surface area contributed by atoms with E-state index in [2.05, 4.69) is 22.1 Å². The number of benzene rings is 2. The van der Waals surface area contributed by atoms with E-state index in [-0.39, 0.29) is 10.5 Å². The highest BCUT2D eigenvalue weighted by Gasteiger charge is 2.15. The zero-order chi connectivity index (χ0) is 20.1. The number of carbonyl (C=O) groups is 1. The van der Waals surface area contributed by atoms with Gasteiger partial charge in [-0.1, -0.05) is 24.1 Å². The van der Waals surface area contributed by atoms with Gasteiger partial charge in [-0.25, -0.2) is 18.5 Å². The molecule has 0 saturated heterocycles. The lowest BCUT2D eigenvalue weighted by atomic mass is 10.1. The number of hydrogen-bond acceptors (Lipinski definition) is 4. The topological polar surface area (TPSA) is 102 Å². The van der Waals surface area contributed by atoms with Gasteiger partial charge in [-0.2, -0.15) is 0 Å². The number of sulfonamides is 1. The molecule has 140 valence electrons. The van der Waals surface area contributed by atoms with Gasteiger partial charge in [0.1, 0.15) is 5.69 Å². The largest absolute Gasteiger partial charge is 0.322 e. The highest BCUT2D eigenvalue weighted by atomic mass is 32.2. The highest BCUT2D eigenvalue weighted by molar-refractivity contribution is 7.89. The normalized spacial score (nSPS) is 10.6. The first-order valence-electron chi connectivity index (χ1n) is 8.31. The maximum Gasteiger partial charge on any atom is 0.255 e. The summed E-state index contributed by atoms with van der Waals surface area (Å²) < 4.78 is 23.3. The Kier molecular flexibility index (Phi) is 5.54. The summed E-state index contributed by atoms with van der Waals surface area (Å²) in [4.78, 5) is 16.6. The number of aromatic nitrogens is 1. The molecule has 0 aliphatic heterocycles. The Labute approximate surface area is 163 Å². The van der Waals surface area contributed by atoms with Crippen LogP contribution in [0.3, 0.4) is 0 Å². The van der Waals surface area contributed by atoms with Gasteiger partial charge in [-0.15, -0.1) is 0 Å². The second-order valence-corrected chi connectivity index (χ2v) is 7.56. The molecule has 0 atom stereocenters. The third-order valence-electron chi connectivity index (χ3n) is 3.88. The smallest absolute Gasteiger partial charge is 0.255 e. The lowest BCUT2D eigenvalue weighted by Crippen LogP contribution is -2.17. The molecule has 0 aliphatic rings. The van der Waals surface area contributed by atoms with E-state index in [4.69, 9.17) is 5.14 Å². The van der Waals surface area contributed by atoms with Crippen LogP contribution in [0.25, 0.3) is 0 Å². The van der Waals surface area contributed by atoms with Gasteiger partial charge in [0.25, 0.3) is 5.91 Å². The molecular weight excluding hydrogens is 374 g/mol. The average molecular weight is 391 g/mol. The van der Waals surface area contributed by atoms with Gasteiger partial charge in [0.05, 0.1) is 4.90 Å². The van der Waals surface area contributed by atoms with Gasteiger partial charge in [0, 0.05) is 23.0 Å². The maximum atomic E-state index is 12.5. The molecule has 28 heavy (non-hydrogen) atoms. The van der Waals surface area contributed by atoms with Crippen molar-refractivity contribution in [3.8, 4) is 11.8 Å². The van der Waals surface area contributed by atoms with Crippen molar-refractivity contribution < 1.29 is 13.2 Å². The van der Waals surface area contributed by atoms with Crippen molar-refractivity contribution in [1.82, 2.24) is 4.98 Å². The fourth-order valence-electron chi connectivity index (χ4n) is 2.50. The molecule has 0 unspecified atom stereocenters. The van der Waals surface area contributed by atoms with Crippen LogP contribution in [-0.2, 0) is 10.0 Å². The van der Waals surface area contributed by atoms with E-state index < -0.39 is 15.9 Å². The van der Waals surface area contributed by atoms with Gasteiger partial charge in [0.2, 0.25) is 10.0 Å². The van der Waals surface area contributed by atoms with Gasteiger partial charge in [-0.05, 0) is 60.9 Å². The van der Waals surface area contributed by atoms with Crippen LogP contribution in [0.5, 0.6) is 0 Å². The molecule has 1 aromatic heterocycles. The van der Waals surface area contributed by atoms with Crippen LogP contribution in [-0.4, -0.2) is 19.3 Å². The van der Waals surface area contributed by atoms with Crippen molar-refractivity contribution in [3.63, 3.8) is 0 Å². The SMILES string of the molecule is Cc1ccc(C(=O)Nc2cccc(C#Cc3ccccn3)c2)cc1S(N)(=O)=O. The third kappa shape index (κ3) is 4.82. The number of amides is 1. The van der Waals surface area contributed by atoms with Crippen molar-refractivity contribution in [1.29, 1.82) is 0 Å². The number of carbonyl (C=O) groups excluding carboxylic acids is 1. The molecule has 7 heteroatoms. The Bertz CT molecular complexity index is 1190. The lowest BCUT2D eigenvalue weighted by molar-refractivity contribution is 0.102. The second-order valence-electron chi connectivity index (χ2n) is 6.03. The van der Waals surface area contributed by atoms with E-state index >= 15 is 0 Å². The van der Waals surface area contributed by atoms with Crippen molar-refractivity contribution in [2.24, 2.45) is 5.14 Å². The molecular formula is C21H17N3O3S. The minimum atomic E-state index is -3.91. The van der Waals surface area contributed by atoms with Gasteiger partial charge in [0.15, 0.2) is 0 Å². The fourth-order valence-corrected chi connectivity index (χ4v) is 3.31. The first-order valence-corrected chi connectivity index (χ1v) is 9.85. The molecule has 0 aliphatic carbocycles. The van der Waals surface area contributed by atoms with Gasteiger partial charge >= 0.3 is 0 Å². The number of nitrogens with one attached hydrogen (secondary N) is 1. The number of primary sulfonamides is 1. The van der Waals surface area contributed by atoms with E-state index in [0.29, 0.717) is 22.5 Å². The van der Waals surface area contributed by atoms with Crippen molar-refractivity contribution >= 4 is 21.6 Å². The van der Waals surface area contributed by atoms with Crippen LogP contribution in [0.4, 0.5) is 5.69 Å². The maximum absolute atomic E-state index is 12.5. The summed E-state index contributed by atoms with van der Waals surface area (Å²) in [5, 5.41) is 7.94. The Hall–Kier alpha value is -3.47. The molecule has 1 heterocycles. The Balaban J connectivity index is 1.81. The Morgan fingerprint density at radius 3 is 2.57 bits per heavy atom. The molecule has 3 aromatic rings. The quantitative estimate of drug-likeness (QED) is 0.670. The predicted molar refractivity (Wildman–Crippen MR) is 107 cm³/mol. The summed E-state index contributed by atoms with van der Waals surface area (Å²) >= 11 is 0. The number of pyridine rings is 1. The molecule has 3 rings (SSSR count). The summed E-state index contributed by atoms with van der Waals surface area (Å²) in [5.41, 5.74) is 2.56. The zero-order valence-corrected chi connectivity index (χ0v) is 15.8.